The number of hydrogen-bond donors (Lipinski definition) is 2. The Bertz CT molecular complexity index is 630. The van der Waals surface area contributed by atoms with E-state index in [1.165, 1.54) is 12.8 Å². The number of carboxylic acids is 1. The molecule has 2 amide bonds. The maximum Gasteiger partial charge on any atom is 0.317 e. The van der Waals surface area contributed by atoms with Crippen LogP contribution in [0, 0.1) is 5.41 Å². The van der Waals surface area contributed by atoms with E-state index in [1.807, 2.05) is 12.1 Å². The van der Waals surface area contributed by atoms with Crippen molar-refractivity contribution in [1.29, 1.82) is 0 Å². The zero-order chi connectivity index (χ0) is 17.2. The van der Waals surface area contributed by atoms with Crippen molar-refractivity contribution in [3.63, 3.8) is 0 Å². The fourth-order valence-corrected chi connectivity index (χ4v) is 3.29. The second kappa shape index (κ2) is 6.67. The molecule has 3 rings (SSSR count). The Morgan fingerprint density at radius 1 is 1.33 bits per heavy atom. The van der Waals surface area contributed by atoms with Gasteiger partial charge in [0.15, 0.2) is 0 Å². The van der Waals surface area contributed by atoms with Crippen LogP contribution in [0.15, 0.2) is 18.3 Å². The first kappa shape index (κ1) is 16.5. The van der Waals surface area contributed by atoms with Gasteiger partial charge in [0.1, 0.15) is 5.82 Å². The second-order valence-corrected chi connectivity index (χ2v) is 6.91. The second-order valence-electron chi connectivity index (χ2n) is 6.91. The van der Waals surface area contributed by atoms with Gasteiger partial charge in [0.05, 0.1) is 5.41 Å². The van der Waals surface area contributed by atoms with Gasteiger partial charge in [-0.05, 0) is 43.9 Å². The number of rotatable bonds is 4. The van der Waals surface area contributed by atoms with Crippen LogP contribution in [0.4, 0.5) is 10.6 Å². The number of hydrogen-bond acceptors (Lipinski definition) is 4. The molecule has 1 aromatic rings. The van der Waals surface area contributed by atoms with Crippen LogP contribution in [0.3, 0.4) is 0 Å². The lowest BCUT2D eigenvalue weighted by Gasteiger charge is -2.21. The maximum atomic E-state index is 12.3. The maximum absolute atomic E-state index is 12.3. The molecule has 0 aliphatic carbocycles. The molecule has 1 unspecified atom stereocenters. The molecule has 0 saturated carbocycles. The highest BCUT2D eigenvalue weighted by molar-refractivity contribution is 5.79. The van der Waals surface area contributed by atoms with Crippen molar-refractivity contribution in [3.05, 3.63) is 23.9 Å². The summed E-state index contributed by atoms with van der Waals surface area (Å²) in [5.74, 6) is 0.112. The number of aliphatic carboxylic acids is 1. The number of aromatic nitrogens is 1. The normalized spacial score (nSPS) is 23.5. The van der Waals surface area contributed by atoms with Crippen molar-refractivity contribution < 1.29 is 14.7 Å². The molecule has 0 spiro atoms. The van der Waals surface area contributed by atoms with E-state index < -0.39 is 11.4 Å². The average molecular weight is 332 g/mol. The third kappa shape index (κ3) is 3.44. The van der Waals surface area contributed by atoms with Crippen molar-refractivity contribution in [2.75, 3.05) is 31.1 Å². The van der Waals surface area contributed by atoms with Crippen molar-refractivity contribution in [2.45, 2.75) is 32.7 Å². The molecule has 2 saturated heterocycles. The highest BCUT2D eigenvalue weighted by Gasteiger charge is 2.42. The molecule has 130 valence electrons. The summed E-state index contributed by atoms with van der Waals surface area (Å²) in [6.07, 6.45) is 4.65. The van der Waals surface area contributed by atoms with Crippen molar-refractivity contribution in [2.24, 2.45) is 5.41 Å². The molecule has 7 nitrogen and oxygen atoms in total. The number of urea groups is 1. The molecule has 0 radical (unpaired) electrons. The highest BCUT2D eigenvalue weighted by Crippen LogP contribution is 2.30. The minimum atomic E-state index is -0.845. The SMILES string of the molecule is CC1(C(=O)O)CCN(C(=O)NCc2ccnc(N3CCCC3)c2)C1. The summed E-state index contributed by atoms with van der Waals surface area (Å²) in [7, 11) is 0. The average Bonchev–Trinajstić information content (AvgIpc) is 3.23. The van der Waals surface area contributed by atoms with Crippen LogP contribution in [-0.2, 0) is 11.3 Å². The number of anilines is 1. The third-order valence-electron chi connectivity index (χ3n) is 4.96. The zero-order valence-electron chi connectivity index (χ0n) is 14.0. The third-order valence-corrected chi connectivity index (χ3v) is 4.96. The van der Waals surface area contributed by atoms with E-state index in [0.717, 1.165) is 24.5 Å². The molecular formula is C17H24N4O3. The number of nitrogens with one attached hydrogen (secondary N) is 1. The minimum Gasteiger partial charge on any atom is -0.481 e. The molecule has 1 aromatic heterocycles. The van der Waals surface area contributed by atoms with Crippen molar-refractivity contribution >= 4 is 17.8 Å². The number of pyridine rings is 1. The Labute approximate surface area is 141 Å². The van der Waals surface area contributed by atoms with Gasteiger partial charge < -0.3 is 20.2 Å². The van der Waals surface area contributed by atoms with Gasteiger partial charge in [-0.25, -0.2) is 9.78 Å². The molecule has 0 aromatic carbocycles. The molecule has 2 fully saturated rings. The summed E-state index contributed by atoms with van der Waals surface area (Å²) >= 11 is 0. The summed E-state index contributed by atoms with van der Waals surface area (Å²) in [6, 6.07) is 3.70. The Morgan fingerprint density at radius 3 is 2.75 bits per heavy atom. The summed E-state index contributed by atoms with van der Waals surface area (Å²) in [4.78, 5) is 31.8. The number of carbonyl (C=O) groups is 2. The number of nitrogens with zero attached hydrogens (tertiary/aromatic N) is 3. The predicted molar refractivity (Wildman–Crippen MR) is 89.9 cm³/mol. The fourth-order valence-electron chi connectivity index (χ4n) is 3.29. The summed E-state index contributed by atoms with van der Waals surface area (Å²) < 4.78 is 0. The van der Waals surface area contributed by atoms with Gasteiger partial charge in [-0.2, -0.15) is 0 Å². The lowest BCUT2D eigenvalue weighted by atomic mass is 9.90. The van der Waals surface area contributed by atoms with E-state index in [0.29, 0.717) is 19.5 Å². The van der Waals surface area contributed by atoms with Crippen LogP contribution >= 0.6 is 0 Å². The summed E-state index contributed by atoms with van der Waals surface area (Å²) in [6.45, 7) is 4.90. The Morgan fingerprint density at radius 2 is 2.08 bits per heavy atom. The van der Waals surface area contributed by atoms with Crippen LogP contribution in [0.25, 0.3) is 0 Å². The van der Waals surface area contributed by atoms with E-state index in [1.54, 1.807) is 18.0 Å². The van der Waals surface area contributed by atoms with Gasteiger partial charge in [-0.1, -0.05) is 0 Å². The lowest BCUT2D eigenvalue weighted by molar-refractivity contribution is -0.147. The molecule has 2 aliphatic heterocycles. The molecule has 7 heteroatoms. The van der Waals surface area contributed by atoms with Crippen LogP contribution in [0.2, 0.25) is 0 Å². The highest BCUT2D eigenvalue weighted by atomic mass is 16.4. The zero-order valence-corrected chi connectivity index (χ0v) is 14.0. The molecular weight excluding hydrogens is 308 g/mol. The lowest BCUT2D eigenvalue weighted by Crippen LogP contribution is -2.40. The monoisotopic (exact) mass is 332 g/mol. The first-order chi connectivity index (χ1) is 11.5. The number of carboxylic acid groups (broad SMARTS) is 1. The molecule has 3 heterocycles. The van der Waals surface area contributed by atoms with Crippen LogP contribution in [-0.4, -0.2) is 53.2 Å². The van der Waals surface area contributed by atoms with E-state index in [2.05, 4.69) is 15.2 Å². The standard InChI is InChI=1S/C17H24N4O3/c1-17(15(22)23)5-9-21(12-17)16(24)19-11-13-4-6-18-14(10-13)20-7-2-3-8-20/h4,6,10H,2-3,5,7-9,11-12H2,1H3,(H,19,24)(H,22,23). The number of amides is 2. The predicted octanol–water partition coefficient (Wildman–Crippen LogP) is 1.69. The number of likely N-dealkylation sites (tertiary alicyclic amines) is 1. The first-order valence-electron chi connectivity index (χ1n) is 8.44. The van der Waals surface area contributed by atoms with E-state index in [4.69, 9.17) is 0 Å². The largest absolute Gasteiger partial charge is 0.481 e. The molecule has 2 N–H and O–H groups in total. The fraction of sp³-hybridized carbons (Fsp3) is 0.588. The number of carbonyl (C=O) groups excluding carboxylic acids is 1. The van der Waals surface area contributed by atoms with Gasteiger partial charge in [0.25, 0.3) is 0 Å². The van der Waals surface area contributed by atoms with E-state index in [9.17, 15) is 14.7 Å². The summed E-state index contributed by atoms with van der Waals surface area (Å²) in [5, 5.41) is 12.1. The Hall–Kier alpha value is -2.31. The van der Waals surface area contributed by atoms with Gasteiger partial charge in [-0.3, -0.25) is 4.79 Å². The van der Waals surface area contributed by atoms with Gasteiger partial charge >= 0.3 is 12.0 Å². The Kier molecular flexibility index (Phi) is 4.59. The smallest absolute Gasteiger partial charge is 0.317 e. The van der Waals surface area contributed by atoms with E-state index >= 15 is 0 Å². The minimum absolute atomic E-state index is 0.209. The Balaban J connectivity index is 1.55. The molecule has 1 atom stereocenters. The molecule has 2 aliphatic rings. The van der Waals surface area contributed by atoms with Gasteiger partial charge in [0.2, 0.25) is 0 Å². The van der Waals surface area contributed by atoms with Crippen LogP contribution in [0.5, 0.6) is 0 Å². The first-order valence-corrected chi connectivity index (χ1v) is 8.44. The quantitative estimate of drug-likeness (QED) is 0.876. The molecule has 24 heavy (non-hydrogen) atoms. The van der Waals surface area contributed by atoms with Crippen LogP contribution in [0.1, 0.15) is 31.7 Å². The van der Waals surface area contributed by atoms with Gasteiger partial charge in [0, 0.05) is 38.9 Å². The summed E-state index contributed by atoms with van der Waals surface area (Å²) in [5.41, 5.74) is 0.164. The van der Waals surface area contributed by atoms with E-state index in [-0.39, 0.29) is 12.6 Å². The van der Waals surface area contributed by atoms with Crippen molar-refractivity contribution in [3.8, 4) is 0 Å². The van der Waals surface area contributed by atoms with Crippen LogP contribution < -0.4 is 10.2 Å². The topological polar surface area (TPSA) is 85.8 Å². The van der Waals surface area contributed by atoms with Crippen molar-refractivity contribution in [1.82, 2.24) is 15.2 Å². The van der Waals surface area contributed by atoms with Gasteiger partial charge in [-0.15, -0.1) is 0 Å². The molecule has 0 bridgehead atoms.